The molecule has 1 fully saturated rings. The minimum atomic E-state index is -0.486. The first-order valence-electron chi connectivity index (χ1n) is 6.04. The molecule has 18 heavy (non-hydrogen) atoms. The van der Waals surface area contributed by atoms with E-state index in [1.165, 1.54) is 18.9 Å². The minimum absolute atomic E-state index is 0.0911. The summed E-state index contributed by atoms with van der Waals surface area (Å²) in [5.74, 6) is -0.486. The maximum absolute atomic E-state index is 13.2. The van der Waals surface area contributed by atoms with Crippen LogP contribution in [0.5, 0.6) is 0 Å². The molecule has 1 aromatic rings. The van der Waals surface area contributed by atoms with Gasteiger partial charge in [0.2, 0.25) is 0 Å². The molecule has 1 aromatic carbocycles. The standard InChI is InChI=1S/C13H18ClFN2O/c1-18-5-4-13(2-3-13)8-17-12-6-9(14)10(15)7-11(12)16/h6-7,17H,2-5,8,16H2,1H3. The van der Waals surface area contributed by atoms with E-state index in [4.69, 9.17) is 22.1 Å². The van der Waals surface area contributed by atoms with Crippen molar-refractivity contribution in [2.45, 2.75) is 19.3 Å². The largest absolute Gasteiger partial charge is 0.397 e. The van der Waals surface area contributed by atoms with Gasteiger partial charge in [-0.3, -0.25) is 0 Å². The van der Waals surface area contributed by atoms with E-state index in [0.29, 0.717) is 16.8 Å². The summed E-state index contributed by atoms with van der Waals surface area (Å²) in [6.45, 7) is 1.59. The lowest BCUT2D eigenvalue weighted by molar-refractivity contribution is 0.175. The van der Waals surface area contributed by atoms with Gasteiger partial charge >= 0.3 is 0 Å². The first-order valence-corrected chi connectivity index (χ1v) is 6.41. The van der Waals surface area contributed by atoms with E-state index in [9.17, 15) is 4.39 Å². The molecular formula is C13H18ClFN2O. The van der Waals surface area contributed by atoms with Crippen LogP contribution in [0.4, 0.5) is 15.8 Å². The molecule has 0 bridgehead atoms. The highest BCUT2D eigenvalue weighted by atomic mass is 35.5. The van der Waals surface area contributed by atoms with Gasteiger partial charge in [-0.2, -0.15) is 0 Å². The fourth-order valence-electron chi connectivity index (χ4n) is 2.01. The molecule has 0 aromatic heterocycles. The Hall–Kier alpha value is -1.00. The number of hydrogen-bond acceptors (Lipinski definition) is 3. The number of anilines is 2. The topological polar surface area (TPSA) is 47.3 Å². The summed E-state index contributed by atoms with van der Waals surface area (Å²) in [6.07, 6.45) is 3.42. The third-order valence-corrected chi connectivity index (χ3v) is 3.83. The van der Waals surface area contributed by atoms with E-state index >= 15 is 0 Å². The van der Waals surface area contributed by atoms with Crippen LogP contribution in [-0.4, -0.2) is 20.3 Å². The molecule has 3 N–H and O–H groups in total. The second-order valence-corrected chi connectivity index (χ2v) is 5.36. The number of halogens is 2. The van der Waals surface area contributed by atoms with Gasteiger partial charge in [0, 0.05) is 26.3 Å². The summed E-state index contributed by atoms with van der Waals surface area (Å²) in [6, 6.07) is 2.79. The Morgan fingerprint density at radius 1 is 1.50 bits per heavy atom. The summed E-state index contributed by atoms with van der Waals surface area (Å²) in [7, 11) is 1.71. The molecule has 0 radical (unpaired) electrons. The molecule has 1 aliphatic carbocycles. The van der Waals surface area contributed by atoms with E-state index in [2.05, 4.69) is 5.32 Å². The number of methoxy groups -OCH3 is 1. The van der Waals surface area contributed by atoms with Gasteiger partial charge in [0.1, 0.15) is 5.82 Å². The Labute approximate surface area is 111 Å². The summed E-state index contributed by atoms with van der Waals surface area (Å²) < 4.78 is 18.3. The Balaban J connectivity index is 1.96. The molecule has 100 valence electrons. The van der Waals surface area contributed by atoms with Gasteiger partial charge in [-0.15, -0.1) is 0 Å². The second kappa shape index (κ2) is 5.33. The molecule has 3 nitrogen and oxygen atoms in total. The quantitative estimate of drug-likeness (QED) is 0.781. The van der Waals surface area contributed by atoms with Crippen LogP contribution in [0.15, 0.2) is 12.1 Å². The molecule has 2 rings (SSSR count). The predicted molar refractivity (Wildman–Crippen MR) is 72.5 cm³/mol. The molecule has 1 aliphatic rings. The number of rotatable bonds is 6. The minimum Gasteiger partial charge on any atom is -0.397 e. The van der Waals surface area contributed by atoms with Crippen LogP contribution >= 0.6 is 11.6 Å². The Morgan fingerprint density at radius 2 is 2.22 bits per heavy atom. The fraction of sp³-hybridized carbons (Fsp3) is 0.538. The van der Waals surface area contributed by atoms with Gasteiger partial charge in [0.25, 0.3) is 0 Å². The first-order chi connectivity index (χ1) is 8.56. The summed E-state index contributed by atoms with van der Waals surface area (Å²) in [5, 5.41) is 3.35. The lowest BCUT2D eigenvalue weighted by Gasteiger charge is -2.17. The van der Waals surface area contributed by atoms with Gasteiger partial charge in [-0.25, -0.2) is 4.39 Å². The lowest BCUT2D eigenvalue weighted by Crippen LogP contribution is -2.18. The van der Waals surface area contributed by atoms with Crippen LogP contribution in [0.25, 0.3) is 0 Å². The molecule has 1 saturated carbocycles. The number of benzene rings is 1. The van der Waals surface area contributed by atoms with E-state index in [1.807, 2.05) is 0 Å². The van der Waals surface area contributed by atoms with Gasteiger partial charge in [-0.05, 0) is 30.7 Å². The molecule has 0 unspecified atom stereocenters. The highest BCUT2D eigenvalue weighted by Gasteiger charge is 2.41. The van der Waals surface area contributed by atoms with Crippen molar-refractivity contribution in [1.29, 1.82) is 0 Å². The average molecular weight is 273 g/mol. The first kappa shape index (κ1) is 13.4. The highest BCUT2D eigenvalue weighted by Crippen LogP contribution is 2.49. The number of ether oxygens (including phenoxy) is 1. The van der Waals surface area contributed by atoms with Crippen molar-refractivity contribution < 1.29 is 9.13 Å². The fourth-order valence-corrected chi connectivity index (χ4v) is 2.17. The zero-order valence-electron chi connectivity index (χ0n) is 10.4. The SMILES string of the molecule is COCCC1(CNc2cc(Cl)c(F)cc2N)CC1. The van der Waals surface area contributed by atoms with Gasteiger partial charge in [0.05, 0.1) is 16.4 Å². The van der Waals surface area contributed by atoms with Crippen LogP contribution in [0, 0.1) is 11.2 Å². The van der Waals surface area contributed by atoms with Crippen molar-refractivity contribution in [3.05, 3.63) is 23.0 Å². The normalized spacial score (nSPS) is 16.6. The Kier molecular flexibility index (Phi) is 3.97. The molecule has 0 amide bonds. The average Bonchev–Trinajstić information content (AvgIpc) is 3.10. The van der Waals surface area contributed by atoms with Crippen LogP contribution in [0.3, 0.4) is 0 Å². The van der Waals surface area contributed by atoms with Crippen molar-refractivity contribution >= 4 is 23.0 Å². The third kappa shape index (κ3) is 3.06. The molecule has 0 saturated heterocycles. The summed E-state index contributed by atoms with van der Waals surface area (Å²) in [5.41, 5.74) is 7.15. The summed E-state index contributed by atoms with van der Waals surface area (Å²) in [4.78, 5) is 0. The molecular weight excluding hydrogens is 255 g/mol. The van der Waals surface area contributed by atoms with E-state index in [1.54, 1.807) is 13.2 Å². The van der Waals surface area contributed by atoms with Gasteiger partial charge < -0.3 is 15.8 Å². The van der Waals surface area contributed by atoms with Crippen LogP contribution in [0.1, 0.15) is 19.3 Å². The van der Waals surface area contributed by atoms with Gasteiger partial charge in [-0.1, -0.05) is 11.6 Å². The Morgan fingerprint density at radius 3 is 2.83 bits per heavy atom. The van der Waals surface area contributed by atoms with E-state index in [0.717, 1.165) is 19.6 Å². The monoisotopic (exact) mass is 272 g/mol. The van der Waals surface area contributed by atoms with Crippen molar-refractivity contribution in [3.8, 4) is 0 Å². The second-order valence-electron chi connectivity index (χ2n) is 4.95. The van der Waals surface area contributed by atoms with Gasteiger partial charge in [0.15, 0.2) is 0 Å². The van der Waals surface area contributed by atoms with Crippen LogP contribution < -0.4 is 11.1 Å². The van der Waals surface area contributed by atoms with Crippen molar-refractivity contribution in [1.82, 2.24) is 0 Å². The summed E-state index contributed by atoms with van der Waals surface area (Å²) >= 11 is 5.74. The molecule has 5 heteroatoms. The maximum atomic E-state index is 13.2. The molecule has 0 aliphatic heterocycles. The molecule has 0 heterocycles. The van der Waals surface area contributed by atoms with Crippen molar-refractivity contribution in [2.24, 2.45) is 5.41 Å². The van der Waals surface area contributed by atoms with Crippen LogP contribution in [-0.2, 0) is 4.74 Å². The predicted octanol–water partition coefficient (Wildman–Crippen LogP) is 3.29. The zero-order chi connectivity index (χ0) is 13.2. The van der Waals surface area contributed by atoms with Crippen molar-refractivity contribution in [2.75, 3.05) is 31.3 Å². The Bertz CT molecular complexity index is 435. The van der Waals surface area contributed by atoms with Crippen LogP contribution in [0.2, 0.25) is 5.02 Å². The maximum Gasteiger partial charge on any atom is 0.143 e. The third-order valence-electron chi connectivity index (χ3n) is 3.54. The number of nitrogen functional groups attached to an aromatic ring is 1. The molecule has 0 atom stereocenters. The smallest absolute Gasteiger partial charge is 0.143 e. The number of nitrogens with one attached hydrogen (secondary N) is 1. The van der Waals surface area contributed by atoms with Crippen molar-refractivity contribution in [3.63, 3.8) is 0 Å². The molecule has 0 spiro atoms. The number of hydrogen-bond donors (Lipinski definition) is 2. The lowest BCUT2D eigenvalue weighted by atomic mass is 10.0. The highest BCUT2D eigenvalue weighted by molar-refractivity contribution is 6.31. The van der Waals surface area contributed by atoms with E-state index in [-0.39, 0.29) is 5.02 Å². The van der Waals surface area contributed by atoms with E-state index < -0.39 is 5.82 Å². The zero-order valence-corrected chi connectivity index (χ0v) is 11.2. The number of nitrogens with two attached hydrogens (primary N) is 1.